The Labute approximate surface area is 130 Å². The van der Waals surface area contributed by atoms with Gasteiger partial charge in [-0.25, -0.2) is 0 Å². The molecule has 0 radical (unpaired) electrons. The quantitative estimate of drug-likeness (QED) is 0.827. The Morgan fingerprint density at radius 1 is 1.18 bits per heavy atom. The van der Waals surface area contributed by atoms with Crippen LogP contribution >= 0.6 is 0 Å². The van der Waals surface area contributed by atoms with Crippen molar-refractivity contribution in [3.05, 3.63) is 59.7 Å². The summed E-state index contributed by atoms with van der Waals surface area (Å²) in [5.41, 5.74) is 2.20. The first kappa shape index (κ1) is 15.6. The fourth-order valence-electron chi connectivity index (χ4n) is 1.96. The highest BCUT2D eigenvalue weighted by atomic mass is 16.5. The standard InChI is InChI=1S/C18H18N2O2/c1-14-8-10-16(11-9-14)22-12-4-7-18(21)20-17-6-3-2-5-15(17)13-19/h2-3,5-6,8-11H,4,7,12H2,1H3,(H,20,21). The van der Waals surface area contributed by atoms with Crippen molar-refractivity contribution >= 4 is 11.6 Å². The lowest BCUT2D eigenvalue weighted by atomic mass is 10.2. The second-order valence-corrected chi connectivity index (χ2v) is 4.97. The third-order valence-electron chi connectivity index (χ3n) is 3.16. The number of rotatable bonds is 6. The van der Waals surface area contributed by atoms with Crippen molar-refractivity contribution in [1.82, 2.24) is 0 Å². The number of hydrogen-bond donors (Lipinski definition) is 1. The van der Waals surface area contributed by atoms with E-state index in [1.807, 2.05) is 31.2 Å². The Balaban J connectivity index is 1.74. The molecule has 2 aromatic carbocycles. The summed E-state index contributed by atoms with van der Waals surface area (Å²) in [6.07, 6.45) is 0.972. The summed E-state index contributed by atoms with van der Waals surface area (Å²) in [5, 5.41) is 11.7. The Morgan fingerprint density at radius 3 is 2.64 bits per heavy atom. The number of para-hydroxylation sites is 1. The molecule has 0 bridgehead atoms. The molecule has 0 saturated carbocycles. The third-order valence-corrected chi connectivity index (χ3v) is 3.16. The average molecular weight is 294 g/mol. The minimum Gasteiger partial charge on any atom is -0.494 e. The van der Waals surface area contributed by atoms with Crippen LogP contribution in [0.4, 0.5) is 5.69 Å². The molecule has 1 N–H and O–H groups in total. The van der Waals surface area contributed by atoms with Gasteiger partial charge in [-0.05, 0) is 37.6 Å². The van der Waals surface area contributed by atoms with Gasteiger partial charge in [0.05, 0.1) is 17.9 Å². The highest BCUT2D eigenvalue weighted by Gasteiger charge is 2.06. The van der Waals surface area contributed by atoms with E-state index in [1.54, 1.807) is 24.3 Å². The first-order valence-corrected chi connectivity index (χ1v) is 7.17. The predicted molar refractivity (Wildman–Crippen MR) is 85.7 cm³/mol. The maximum Gasteiger partial charge on any atom is 0.224 e. The predicted octanol–water partition coefficient (Wildman–Crippen LogP) is 3.66. The van der Waals surface area contributed by atoms with Gasteiger partial charge in [0, 0.05) is 6.42 Å². The second kappa shape index (κ2) is 7.84. The van der Waals surface area contributed by atoms with Gasteiger partial charge < -0.3 is 10.1 Å². The fraction of sp³-hybridized carbons (Fsp3) is 0.222. The molecule has 0 aliphatic carbocycles. The number of nitrogens with zero attached hydrogens (tertiary/aromatic N) is 1. The number of carbonyl (C=O) groups is 1. The molecule has 0 aliphatic heterocycles. The molecule has 0 aromatic heterocycles. The van der Waals surface area contributed by atoms with E-state index in [-0.39, 0.29) is 5.91 Å². The molecule has 22 heavy (non-hydrogen) atoms. The molecule has 1 amide bonds. The number of carbonyl (C=O) groups excluding carboxylic acids is 1. The first-order chi connectivity index (χ1) is 10.7. The van der Waals surface area contributed by atoms with E-state index in [2.05, 4.69) is 11.4 Å². The van der Waals surface area contributed by atoms with Crippen LogP contribution in [0.1, 0.15) is 24.0 Å². The average Bonchev–Trinajstić information content (AvgIpc) is 2.54. The summed E-state index contributed by atoms with van der Waals surface area (Å²) < 4.78 is 5.57. The zero-order valence-corrected chi connectivity index (χ0v) is 12.5. The molecule has 2 aromatic rings. The summed E-state index contributed by atoms with van der Waals surface area (Å²) >= 11 is 0. The number of ether oxygens (including phenoxy) is 1. The Morgan fingerprint density at radius 2 is 1.91 bits per heavy atom. The lowest BCUT2D eigenvalue weighted by Crippen LogP contribution is -2.13. The zero-order valence-electron chi connectivity index (χ0n) is 12.5. The van der Waals surface area contributed by atoms with Crippen molar-refractivity contribution in [2.45, 2.75) is 19.8 Å². The van der Waals surface area contributed by atoms with Crippen LogP contribution < -0.4 is 10.1 Å². The van der Waals surface area contributed by atoms with E-state index in [0.29, 0.717) is 30.7 Å². The van der Waals surface area contributed by atoms with Gasteiger partial charge in [-0.2, -0.15) is 5.26 Å². The van der Waals surface area contributed by atoms with Gasteiger partial charge in [0.1, 0.15) is 11.8 Å². The SMILES string of the molecule is Cc1ccc(OCCCC(=O)Nc2ccccc2C#N)cc1. The van der Waals surface area contributed by atoms with Crippen LogP contribution in [0.2, 0.25) is 0 Å². The van der Waals surface area contributed by atoms with Gasteiger partial charge in [-0.3, -0.25) is 4.79 Å². The maximum absolute atomic E-state index is 11.9. The van der Waals surface area contributed by atoms with Crippen molar-refractivity contribution in [2.24, 2.45) is 0 Å². The highest BCUT2D eigenvalue weighted by Crippen LogP contribution is 2.14. The summed E-state index contributed by atoms with van der Waals surface area (Å²) in [4.78, 5) is 11.9. The van der Waals surface area contributed by atoms with Crippen molar-refractivity contribution in [3.8, 4) is 11.8 Å². The topological polar surface area (TPSA) is 62.1 Å². The largest absolute Gasteiger partial charge is 0.494 e. The van der Waals surface area contributed by atoms with Crippen LogP contribution in [0.3, 0.4) is 0 Å². The smallest absolute Gasteiger partial charge is 0.224 e. The zero-order chi connectivity index (χ0) is 15.8. The van der Waals surface area contributed by atoms with E-state index in [9.17, 15) is 4.79 Å². The van der Waals surface area contributed by atoms with Crippen LogP contribution in [0.5, 0.6) is 5.75 Å². The molecule has 0 aliphatic rings. The number of hydrogen-bond acceptors (Lipinski definition) is 3. The summed E-state index contributed by atoms with van der Waals surface area (Å²) in [7, 11) is 0. The first-order valence-electron chi connectivity index (χ1n) is 7.17. The van der Waals surface area contributed by atoms with E-state index in [1.165, 1.54) is 5.56 Å². The van der Waals surface area contributed by atoms with Gasteiger partial charge in [0.15, 0.2) is 0 Å². The van der Waals surface area contributed by atoms with Crippen LogP contribution in [-0.2, 0) is 4.79 Å². The minimum absolute atomic E-state index is 0.116. The van der Waals surface area contributed by atoms with Crippen LogP contribution in [0.25, 0.3) is 0 Å². The van der Waals surface area contributed by atoms with Gasteiger partial charge in [0.25, 0.3) is 0 Å². The lowest BCUT2D eigenvalue weighted by Gasteiger charge is -2.08. The van der Waals surface area contributed by atoms with Crippen molar-refractivity contribution in [2.75, 3.05) is 11.9 Å². The van der Waals surface area contributed by atoms with Gasteiger partial charge in [-0.15, -0.1) is 0 Å². The van der Waals surface area contributed by atoms with Crippen LogP contribution in [0, 0.1) is 18.3 Å². The molecule has 0 fully saturated rings. The van der Waals surface area contributed by atoms with Gasteiger partial charge in [-0.1, -0.05) is 29.8 Å². The molecule has 0 spiro atoms. The Kier molecular flexibility index (Phi) is 5.56. The normalized spacial score (nSPS) is 9.82. The summed E-state index contributed by atoms with van der Waals surface area (Å²) in [5.74, 6) is 0.691. The highest BCUT2D eigenvalue weighted by molar-refractivity contribution is 5.92. The Bertz CT molecular complexity index is 672. The molecule has 2 rings (SSSR count). The fourth-order valence-corrected chi connectivity index (χ4v) is 1.96. The number of benzene rings is 2. The number of anilines is 1. The minimum atomic E-state index is -0.116. The van der Waals surface area contributed by atoms with Crippen LogP contribution in [-0.4, -0.2) is 12.5 Å². The molecule has 4 nitrogen and oxygen atoms in total. The third kappa shape index (κ3) is 4.64. The van der Waals surface area contributed by atoms with Gasteiger partial charge >= 0.3 is 0 Å². The van der Waals surface area contributed by atoms with Crippen molar-refractivity contribution < 1.29 is 9.53 Å². The molecule has 4 heteroatoms. The number of aryl methyl sites for hydroxylation is 1. The molecule has 112 valence electrons. The molecular formula is C18H18N2O2. The lowest BCUT2D eigenvalue weighted by molar-refractivity contribution is -0.116. The number of nitrogens with one attached hydrogen (secondary N) is 1. The van der Waals surface area contributed by atoms with E-state index in [4.69, 9.17) is 10.00 Å². The molecule has 0 heterocycles. The number of amides is 1. The summed E-state index contributed by atoms with van der Waals surface area (Å²) in [6, 6.07) is 16.8. The molecular weight excluding hydrogens is 276 g/mol. The molecule has 0 atom stereocenters. The monoisotopic (exact) mass is 294 g/mol. The van der Waals surface area contributed by atoms with E-state index < -0.39 is 0 Å². The molecule has 0 unspecified atom stereocenters. The van der Waals surface area contributed by atoms with Crippen LogP contribution in [0.15, 0.2) is 48.5 Å². The van der Waals surface area contributed by atoms with E-state index >= 15 is 0 Å². The van der Waals surface area contributed by atoms with Crippen molar-refractivity contribution in [1.29, 1.82) is 5.26 Å². The van der Waals surface area contributed by atoms with Crippen molar-refractivity contribution in [3.63, 3.8) is 0 Å². The Hall–Kier alpha value is -2.80. The molecule has 0 saturated heterocycles. The summed E-state index contributed by atoms with van der Waals surface area (Å²) in [6.45, 7) is 2.50. The maximum atomic E-state index is 11.9. The number of nitriles is 1. The second-order valence-electron chi connectivity index (χ2n) is 4.97. The van der Waals surface area contributed by atoms with Gasteiger partial charge in [0.2, 0.25) is 5.91 Å². The van der Waals surface area contributed by atoms with E-state index in [0.717, 1.165) is 5.75 Å².